The van der Waals surface area contributed by atoms with Crippen LogP contribution in [0.5, 0.6) is 0 Å². The fourth-order valence-corrected chi connectivity index (χ4v) is 5.80. The predicted molar refractivity (Wildman–Crippen MR) is 173 cm³/mol. The molecule has 0 bridgehead atoms. The van der Waals surface area contributed by atoms with Gasteiger partial charge in [0.2, 0.25) is 11.8 Å². The molecule has 8 nitrogen and oxygen atoms in total. The Morgan fingerprint density at radius 2 is 1.60 bits per heavy atom. The molecule has 1 atom stereocenters. The highest BCUT2D eigenvalue weighted by Crippen LogP contribution is 2.24. The van der Waals surface area contributed by atoms with Crippen molar-refractivity contribution in [3.05, 3.63) is 143 Å². The zero-order valence-corrected chi connectivity index (χ0v) is 25.5. The maximum Gasteiger partial charge on any atom is 0.247 e. The molecule has 8 heteroatoms. The van der Waals surface area contributed by atoms with Crippen molar-refractivity contribution in [3.63, 3.8) is 0 Å². The van der Waals surface area contributed by atoms with Crippen molar-refractivity contribution in [2.45, 2.75) is 45.8 Å². The molecule has 2 amide bonds. The summed E-state index contributed by atoms with van der Waals surface area (Å²) in [5, 5.41) is 0. The molecule has 6 rings (SSSR count). The Balaban J connectivity index is 1.35. The van der Waals surface area contributed by atoms with Crippen molar-refractivity contribution in [1.82, 2.24) is 24.8 Å². The Bertz CT molecular complexity index is 1800. The molecule has 0 spiro atoms. The second-order valence-corrected chi connectivity index (χ2v) is 11.3. The maximum absolute atomic E-state index is 14.5. The van der Waals surface area contributed by atoms with Crippen LogP contribution in [-0.2, 0) is 35.5 Å². The van der Waals surface area contributed by atoms with Gasteiger partial charge in [0, 0.05) is 57.0 Å². The van der Waals surface area contributed by atoms with Crippen molar-refractivity contribution >= 4 is 17.9 Å². The summed E-state index contributed by atoms with van der Waals surface area (Å²) < 4.78 is 5.57. The lowest BCUT2D eigenvalue weighted by molar-refractivity contribution is -0.144. The number of amides is 2. The van der Waals surface area contributed by atoms with E-state index < -0.39 is 6.04 Å². The van der Waals surface area contributed by atoms with Gasteiger partial charge in [0.25, 0.3) is 0 Å². The summed E-state index contributed by atoms with van der Waals surface area (Å²) in [4.78, 5) is 44.9. The molecule has 1 aliphatic heterocycles. The van der Waals surface area contributed by atoms with E-state index in [-0.39, 0.29) is 18.4 Å². The minimum atomic E-state index is -0.725. The maximum atomic E-state index is 14.5. The molecule has 3 aromatic carbocycles. The molecule has 1 aliphatic rings. The molecular weight excluding hydrogens is 562 g/mol. The van der Waals surface area contributed by atoms with Gasteiger partial charge < -0.3 is 14.2 Å². The molecule has 0 radical (unpaired) electrons. The lowest BCUT2D eigenvalue weighted by atomic mass is 9.97. The van der Waals surface area contributed by atoms with E-state index in [1.807, 2.05) is 78.6 Å². The van der Waals surface area contributed by atoms with Crippen molar-refractivity contribution in [1.29, 1.82) is 0 Å². The number of fused-ring (bicyclic) bond motifs is 1. The highest BCUT2D eigenvalue weighted by atomic mass is 16.4. The summed E-state index contributed by atoms with van der Waals surface area (Å²) in [6, 6.07) is 25.3. The molecule has 2 aromatic heterocycles. The summed E-state index contributed by atoms with van der Waals surface area (Å²) in [7, 11) is 0. The Kier molecular flexibility index (Phi) is 8.91. The Morgan fingerprint density at radius 1 is 0.889 bits per heavy atom. The highest BCUT2D eigenvalue weighted by molar-refractivity contribution is 5.95. The van der Waals surface area contributed by atoms with Crippen molar-refractivity contribution in [3.8, 4) is 11.1 Å². The topological polar surface area (TPSA) is 92.4 Å². The second kappa shape index (κ2) is 13.5. The average molecular weight is 598 g/mol. The molecule has 45 heavy (non-hydrogen) atoms. The molecule has 0 fully saturated rings. The van der Waals surface area contributed by atoms with Gasteiger partial charge >= 0.3 is 0 Å². The van der Waals surface area contributed by atoms with Crippen LogP contribution in [0.3, 0.4) is 0 Å². The number of carbonyl (C=O) groups is 2. The minimum absolute atomic E-state index is 0.0679. The minimum Gasteiger partial charge on any atom is -0.446 e. The van der Waals surface area contributed by atoms with Crippen molar-refractivity contribution in [2.75, 3.05) is 6.54 Å². The van der Waals surface area contributed by atoms with Crippen molar-refractivity contribution in [2.24, 2.45) is 0 Å². The third-order valence-electron chi connectivity index (χ3n) is 8.18. The summed E-state index contributed by atoms with van der Waals surface area (Å²) >= 11 is 0. The van der Waals surface area contributed by atoms with Gasteiger partial charge in [-0.2, -0.15) is 0 Å². The summed E-state index contributed by atoms with van der Waals surface area (Å²) in [5.41, 5.74) is 6.76. The number of aryl methyl sites for hydroxylation is 2. The summed E-state index contributed by atoms with van der Waals surface area (Å²) in [6.45, 7) is 4.96. The third-order valence-corrected chi connectivity index (χ3v) is 8.18. The van der Waals surface area contributed by atoms with Crippen LogP contribution >= 0.6 is 0 Å². The first-order valence-electron chi connectivity index (χ1n) is 15.1. The van der Waals surface area contributed by atoms with Gasteiger partial charge in [-0.25, -0.2) is 15.0 Å². The van der Waals surface area contributed by atoms with E-state index in [0.717, 1.165) is 34.2 Å². The van der Waals surface area contributed by atoms with Gasteiger partial charge in [-0.3, -0.25) is 9.59 Å². The fraction of sp³-hybridized carbons (Fsp3) is 0.216. The largest absolute Gasteiger partial charge is 0.446 e. The molecule has 3 heterocycles. The molecule has 0 saturated heterocycles. The number of nitrogens with zero attached hydrogens (tertiary/aromatic N) is 5. The van der Waals surface area contributed by atoms with Crippen LogP contribution in [0.2, 0.25) is 0 Å². The zero-order valence-electron chi connectivity index (χ0n) is 25.5. The van der Waals surface area contributed by atoms with Gasteiger partial charge in [-0.1, -0.05) is 78.9 Å². The standard InChI is InChI=1S/C37H35N5O3/c1-26-34(40-27(2)45-26)16-17-36(43)42(23-29-12-14-31(15-13-29)33-21-38-25-39-22-33)35(20-28-8-4-3-5-9-28)37(44)41-19-18-30-10-6-7-11-32(30)24-41/h3-17,21-22,25,35H,18-20,23-24H2,1-2H3/t35-/m0/s1. The Labute approximate surface area is 263 Å². The molecule has 0 aliphatic carbocycles. The smallest absolute Gasteiger partial charge is 0.247 e. The number of oxazole rings is 1. The van der Waals surface area contributed by atoms with Crippen LogP contribution in [0.1, 0.15) is 39.6 Å². The van der Waals surface area contributed by atoms with Crippen LogP contribution in [0, 0.1) is 13.8 Å². The normalized spacial score (nSPS) is 13.4. The average Bonchev–Trinajstić information content (AvgIpc) is 3.41. The summed E-state index contributed by atoms with van der Waals surface area (Å²) in [6.07, 6.45) is 9.37. The first-order valence-corrected chi connectivity index (χ1v) is 15.1. The van der Waals surface area contributed by atoms with Gasteiger partial charge in [-0.05, 0) is 47.2 Å². The number of carbonyl (C=O) groups excluding carboxylic acids is 2. The van der Waals surface area contributed by atoms with E-state index in [0.29, 0.717) is 36.9 Å². The first kappa shape index (κ1) is 29.7. The monoisotopic (exact) mass is 597 g/mol. The van der Waals surface area contributed by atoms with E-state index in [4.69, 9.17) is 4.42 Å². The SMILES string of the molecule is Cc1nc(C=CC(=O)N(Cc2ccc(-c3cncnc3)cc2)[C@@H](Cc2ccccc2)C(=O)N2CCc3ccccc3C2)c(C)o1. The van der Waals surface area contributed by atoms with E-state index in [9.17, 15) is 9.59 Å². The molecule has 5 aromatic rings. The summed E-state index contributed by atoms with van der Waals surface area (Å²) in [5.74, 6) is 0.819. The highest BCUT2D eigenvalue weighted by Gasteiger charge is 2.34. The van der Waals surface area contributed by atoms with Gasteiger partial charge in [-0.15, -0.1) is 0 Å². The van der Waals surface area contributed by atoms with Gasteiger partial charge in [0.15, 0.2) is 5.89 Å². The molecular formula is C37H35N5O3. The van der Waals surface area contributed by atoms with E-state index in [1.165, 1.54) is 18.0 Å². The van der Waals surface area contributed by atoms with E-state index in [2.05, 4.69) is 27.1 Å². The molecule has 226 valence electrons. The van der Waals surface area contributed by atoms with E-state index in [1.54, 1.807) is 30.3 Å². The number of aromatic nitrogens is 3. The number of rotatable bonds is 9. The van der Waals surface area contributed by atoms with E-state index >= 15 is 0 Å². The molecule has 0 saturated carbocycles. The fourth-order valence-electron chi connectivity index (χ4n) is 5.80. The number of hydrogen-bond donors (Lipinski definition) is 0. The Morgan fingerprint density at radius 3 is 2.31 bits per heavy atom. The van der Waals surface area contributed by atoms with Crippen LogP contribution in [-0.4, -0.2) is 49.2 Å². The number of benzene rings is 3. The van der Waals surface area contributed by atoms with Crippen LogP contribution < -0.4 is 0 Å². The predicted octanol–water partition coefficient (Wildman–Crippen LogP) is 5.99. The first-order chi connectivity index (χ1) is 21.9. The second-order valence-electron chi connectivity index (χ2n) is 11.3. The number of hydrogen-bond acceptors (Lipinski definition) is 6. The van der Waals surface area contributed by atoms with Crippen LogP contribution in [0.25, 0.3) is 17.2 Å². The molecule has 0 unspecified atom stereocenters. The lowest BCUT2D eigenvalue weighted by Crippen LogP contribution is -2.52. The third kappa shape index (κ3) is 7.07. The zero-order chi connectivity index (χ0) is 31.2. The molecule has 0 N–H and O–H groups in total. The van der Waals surface area contributed by atoms with Crippen LogP contribution in [0.15, 0.2) is 108 Å². The Hall–Kier alpha value is -5.37. The van der Waals surface area contributed by atoms with Gasteiger partial charge in [0.05, 0.1) is 0 Å². The van der Waals surface area contributed by atoms with Crippen molar-refractivity contribution < 1.29 is 14.0 Å². The lowest BCUT2D eigenvalue weighted by Gasteiger charge is -2.37. The quantitative estimate of drug-likeness (QED) is 0.194. The van der Waals surface area contributed by atoms with Gasteiger partial charge in [0.1, 0.15) is 23.8 Å². The van der Waals surface area contributed by atoms with Crippen LogP contribution in [0.4, 0.5) is 0 Å².